The lowest BCUT2D eigenvalue weighted by Crippen LogP contribution is -2.51. The molecule has 35 heavy (non-hydrogen) atoms. The molecular weight excluding hydrogens is 485 g/mol. The quantitative estimate of drug-likeness (QED) is 0.281. The van der Waals surface area contributed by atoms with Crippen LogP contribution in [0.15, 0.2) is 54.6 Å². The van der Waals surface area contributed by atoms with Gasteiger partial charge in [0.1, 0.15) is 17.0 Å². The van der Waals surface area contributed by atoms with Gasteiger partial charge < -0.3 is 9.47 Å². The molecule has 0 saturated heterocycles. The molecule has 0 spiro atoms. The summed E-state index contributed by atoms with van der Waals surface area (Å²) in [7, 11) is 1.35. The molecule has 12 heteroatoms. The number of carbonyl (C=O) groups excluding carboxylic acids is 1. The minimum Gasteiger partial charge on any atom is -0.497 e. The van der Waals surface area contributed by atoms with Crippen molar-refractivity contribution in [3.63, 3.8) is 0 Å². The number of nitrogens with zero attached hydrogens (tertiary/aromatic N) is 2. The maximum Gasteiger partial charge on any atom is 0.460 e. The second kappa shape index (κ2) is 9.51. The molecule has 1 heterocycles. The van der Waals surface area contributed by atoms with Crippen LogP contribution in [0.25, 0.3) is 22.6 Å². The van der Waals surface area contributed by atoms with Gasteiger partial charge in [-0.3, -0.25) is 0 Å². The van der Waals surface area contributed by atoms with Gasteiger partial charge in [-0.25, -0.2) is 14.8 Å². The summed E-state index contributed by atoms with van der Waals surface area (Å²) in [5.41, 5.74) is -4.04. The maximum absolute atomic E-state index is 15.0. The summed E-state index contributed by atoms with van der Waals surface area (Å²) in [4.78, 5) is 20.1. The van der Waals surface area contributed by atoms with Crippen LogP contribution in [-0.4, -0.2) is 41.8 Å². The van der Waals surface area contributed by atoms with Gasteiger partial charge in [-0.15, -0.1) is 0 Å². The molecule has 0 aliphatic carbocycles. The standard InChI is InChI=1S/C23H17F7N2O3/c1-3-35-20(33)16-17(13-7-5-4-6-8-13)31-19(14-9-11-15(34-2)12-10-14)32-18(16)21(24,25)22(26,27)23(28,29)30/h4-12H,3H2,1-2H3. The number of ether oxygens (including phenoxy) is 2. The second-order valence-corrected chi connectivity index (χ2v) is 7.08. The van der Waals surface area contributed by atoms with Crippen LogP contribution in [0.1, 0.15) is 23.0 Å². The molecule has 0 amide bonds. The number of aromatic nitrogens is 2. The monoisotopic (exact) mass is 502 g/mol. The zero-order valence-electron chi connectivity index (χ0n) is 18.2. The van der Waals surface area contributed by atoms with E-state index >= 15 is 8.78 Å². The normalized spacial score (nSPS) is 12.4. The van der Waals surface area contributed by atoms with Gasteiger partial charge in [-0.1, -0.05) is 30.3 Å². The van der Waals surface area contributed by atoms with E-state index in [0.29, 0.717) is 5.75 Å². The van der Waals surface area contributed by atoms with Crippen molar-refractivity contribution in [1.82, 2.24) is 9.97 Å². The molecule has 0 radical (unpaired) electrons. The predicted octanol–water partition coefficient (Wildman–Crippen LogP) is 6.29. The first kappa shape index (κ1) is 25.9. The Bertz CT molecular complexity index is 1200. The summed E-state index contributed by atoms with van der Waals surface area (Å²) in [5, 5.41) is 0. The molecular formula is C23H17F7N2O3. The van der Waals surface area contributed by atoms with Crippen LogP contribution >= 0.6 is 0 Å². The fourth-order valence-corrected chi connectivity index (χ4v) is 3.09. The van der Waals surface area contributed by atoms with Crippen LogP contribution in [0.2, 0.25) is 0 Å². The van der Waals surface area contributed by atoms with E-state index < -0.39 is 46.8 Å². The first-order valence-corrected chi connectivity index (χ1v) is 9.97. The number of methoxy groups -OCH3 is 1. The van der Waals surface area contributed by atoms with Gasteiger partial charge in [0.2, 0.25) is 0 Å². The first-order valence-electron chi connectivity index (χ1n) is 9.97. The van der Waals surface area contributed by atoms with Gasteiger partial charge in [0.25, 0.3) is 0 Å². The van der Waals surface area contributed by atoms with E-state index in [1.54, 1.807) is 0 Å². The van der Waals surface area contributed by atoms with Gasteiger partial charge in [-0.2, -0.15) is 30.7 Å². The van der Waals surface area contributed by atoms with Crippen LogP contribution in [0.5, 0.6) is 5.75 Å². The molecule has 0 atom stereocenters. The number of alkyl halides is 7. The van der Waals surface area contributed by atoms with Crippen molar-refractivity contribution in [3.05, 3.63) is 65.9 Å². The van der Waals surface area contributed by atoms with Crippen molar-refractivity contribution in [2.45, 2.75) is 24.9 Å². The number of hydrogen-bond acceptors (Lipinski definition) is 5. The Labute approximate surface area is 194 Å². The fraction of sp³-hybridized carbons (Fsp3) is 0.261. The van der Waals surface area contributed by atoms with Gasteiger partial charge in [0.15, 0.2) is 5.82 Å². The molecule has 0 N–H and O–H groups in total. The van der Waals surface area contributed by atoms with E-state index in [0.717, 1.165) is 0 Å². The number of rotatable bonds is 7. The second-order valence-electron chi connectivity index (χ2n) is 7.08. The van der Waals surface area contributed by atoms with E-state index in [1.807, 2.05) is 0 Å². The Kier molecular flexibility index (Phi) is 7.04. The van der Waals surface area contributed by atoms with Crippen molar-refractivity contribution in [1.29, 1.82) is 0 Å². The van der Waals surface area contributed by atoms with Crippen molar-refractivity contribution in [3.8, 4) is 28.4 Å². The summed E-state index contributed by atoms with van der Waals surface area (Å²) in [6, 6.07) is 12.4. The largest absolute Gasteiger partial charge is 0.497 e. The molecule has 3 aromatic rings. The van der Waals surface area contributed by atoms with Crippen LogP contribution < -0.4 is 4.74 Å². The minimum atomic E-state index is -6.65. The molecule has 0 aliphatic rings. The Morgan fingerprint density at radius 3 is 1.97 bits per heavy atom. The average Bonchev–Trinajstić information content (AvgIpc) is 2.83. The number of halogens is 7. The molecule has 3 rings (SSSR count). The zero-order valence-corrected chi connectivity index (χ0v) is 18.2. The number of esters is 1. The lowest BCUT2D eigenvalue weighted by Gasteiger charge is -2.29. The van der Waals surface area contributed by atoms with Crippen LogP contribution in [0.3, 0.4) is 0 Å². The van der Waals surface area contributed by atoms with E-state index in [9.17, 15) is 26.7 Å². The highest BCUT2D eigenvalue weighted by Gasteiger charge is 2.75. The Balaban J connectivity index is 2.43. The third-order valence-electron chi connectivity index (χ3n) is 4.83. The summed E-state index contributed by atoms with van der Waals surface area (Å²) < 4.78 is 107. The molecule has 0 bridgehead atoms. The molecule has 1 aromatic heterocycles. The summed E-state index contributed by atoms with van der Waals surface area (Å²) in [6.07, 6.45) is -6.65. The van der Waals surface area contributed by atoms with Gasteiger partial charge in [0.05, 0.1) is 19.4 Å². The van der Waals surface area contributed by atoms with Gasteiger partial charge in [-0.05, 0) is 31.2 Å². The van der Waals surface area contributed by atoms with E-state index in [2.05, 4.69) is 9.97 Å². The topological polar surface area (TPSA) is 61.3 Å². The van der Waals surface area contributed by atoms with Crippen molar-refractivity contribution < 1.29 is 45.0 Å². The SMILES string of the molecule is CCOC(=O)c1c(-c2ccccc2)nc(-c2ccc(OC)cc2)nc1C(F)(F)C(F)(F)C(F)(F)F. The predicted molar refractivity (Wildman–Crippen MR) is 110 cm³/mol. The maximum atomic E-state index is 15.0. The lowest BCUT2D eigenvalue weighted by atomic mass is 9.97. The van der Waals surface area contributed by atoms with E-state index in [4.69, 9.17) is 9.47 Å². The van der Waals surface area contributed by atoms with Crippen molar-refractivity contribution in [2.75, 3.05) is 13.7 Å². The molecule has 0 saturated carbocycles. The number of carbonyl (C=O) groups is 1. The Morgan fingerprint density at radius 1 is 0.857 bits per heavy atom. The highest BCUT2D eigenvalue weighted by molar-refractivity contribution is 5.98. The van der Waals surface area contributed by atoms with Crippen molar-refractivity contribution in [2.24, 2.45) is 0 Å². The van der Waals surface area contributed by atoms with Crippen LogP contribution in [0.4, 0.5) is 30.7 Å². The molecule has 186 valence electrons. The fourth-order valence-electron chi connectivity index (χ4n) is 3.09. The summed E-state index contributed by atoms with van der Waals surface area (Å²) in [6.45, 7) is 0.919. The molecule has 0 fully saturated rings. The summed E-state index contributed by atoms with van der Waals surface area (Å²) in [5.74, 6) is -14.4. The minimum absolute atomic E-state index is 0.00855. The molecule has 0 unspecified atom stereocenters. The summed E-state index contributed by atoms with van der Waals surface area (Å²) >= 11 is 0. The molecule has 5 nitrogen and oxygen atoms in total. The highest BCUT2D eigenvalue weighted by atomic mass is 19.4. The first-order chi connectivity index (χ1) is 16.3. The average molecular weight is 502 g/mol. The molecule has 0 aliphatic heterocycles. The van der Waals surface area contributed by atoms with Gasteiger partial charge in [0, 0.05) is 11.1 Å². The van der Waals surface area contributed by atoms with Gasteiger partial charge >= 0.3 is 24.0 Å². The van der Waals surface area contributed by atoms with E-state index in [-0.39, 0.29) is 17.7 Å². The Hall–Kier alpha value is -3.70. The van der Waals surface area contributed by atoms with Crippen molar-refractivity contribution >= 4 is 5.97 Å². The van der Waals surface area contributed by atoms with Crippen LogP contribution in [0, 0.1) is 0 Å². The number of hydrogen-bond donors (Lipinski definition) is 0. The van der Waals surface area contributed by atoms with E-state index in [1.165, 1.54) is 68.6 Å². The lowest BCUT2D eigenvalue weighted by molar-refractivity contribution is -0.360. The Morgan fingerprint density at radius 2 is 1.46 bits per heavy atom. The number of benzene rings is 2. The van der Waals surface area contributed by atoms with Crippen LogP contribution in [-0.2, 0) is 10.7 Å². The third-order valence-corrected chi connectivity index (χ3v) is 4.83. The molecule has 2 aromatic carbocycles. The zero-order chi connectivity index (χ0) is 26.0. The highest BCUT2D eigenvalue weighted by Crippen LogP contribution is 2.53. The third kappa shape index (κ3) is 4.77. The smallest absolute Gasteiger partial charge is 0.460 e.